The van der Waals surface area contributed by atoms with Gasteiger partial charge in [0.2, 0.25) is 0 Å². The SMILES string of the molecule is O=C(O)C(O)SCCc1ccccc1. The zero-order valence-corrected chi connectivity index (χ0v) is 8.41. The lowest BCUT2D eigenvalue weighted by Crippen LogP contribution is -2.15. The minimum absolute atomic E-state index is 0.609. The number of rotatable bonds is 5. The summed E-state index contributed by atoms with van der Waals surface area (Å²) in [5.41, 5.74) is -0.156. The van der Waals surface area contributed by atoms with E-state index < -0.39 is 11.4 Å². The Morgan fingerprint density at radius 1 is 1.36 bits per heavy atom. The molecule has 0 aliphatic carbocycles. The predicted molar refractivity (Wildman–Crippen MR) is 56.2 cm³/mol. The first-order chi connectivity index (χ1) is 6.70. The number of carboxylic acids is 1. The van der Waals surface area contributed by atoms with Gasteiger partial charge in [-0.05, 0) is 12.0 Å². The number of aliphatic hydroxyl groups is 1. The average molecular weight is 212 g/mol. The molecule has 0 aliphatic rings. The molecule has 1 aromatic carbocycles. The van der Waals surface area contributed by atoms with Crippen LogP contribution in [0.15, 0.2) is 30.3 Å². The Bertz CT molecular complexity index is 287. The maximum Gasteiger partial charge on any atom is 0.343 e. The maximum absolute atomic E-state index is 10.3. The lowest BCUT2D eigenvalue weighted by atomic mass is 10.2. The van der Waals surface area contributed by atoms with Gasteiger partial charge in [-0.3, -0.25) is 0 Å². The molecule has 0 fully saturated rings. The van der Waals surface area contributed by atoms with E-state index in [-0.39, 0.29) is 0 Å². The molecular weight excluding hydrogens is 200 g/mol. The van der Waals surface area contributed by atoms with Crippen molar-refractivity contribution in [2.75, 3.05) is 5.75 Å². The second-order valence-electron chi connectivity index (χ2n) is 2.80. The van der Waals surface area contributed by atoms with E-state index in [1.807, 2.05) is 30.3 Å². The van der Waals surface area contributed by atoms with Gasteiger partial charge < -0.3 is 10.2 Å². The van der Waals surface area contributed by atoms with Crippen LogP contribution in [-0.2, 0) is 11.2 Å². The van der Waals surface area contributed by atoms with Crippen LogP contribution >= 0.6 is 11.8 Å². The predicted octanol–water partition coefficient (Wildman–Crippen LogP) is 1.37. The standard InChI is InChI=1S/C10H12O3S/c11-9(12)10(13)14-7-6-8-4-2-1-3-5-8/h1-5,10,13H,6-7H2,(H,11,12). The van der Waals surface area contributed by atoms with Gasteiger partial charge in [-0.1, -0.05) is 30.3 Å². The van der Waals surface area contributed by atoms with E-state index in [1.165, 1.54) is 0 Å². The Hall–Kier alpha value is -1.00. The van der Waals surface area contributed by atoms with Crippen LogP contribution < -0.4 is 0 Å². The second kappa shape index (κ2) is 5.67. The molecule has 0 aliphatic heterocycles. The van der Waals surface area contributed by atoms with Gasteiger partial charge in [-0.25, -0.2) is 4.79 Å². The molecule has 1 unspecified atom stereocenters. The first kappa shape index (κ1) is 11.1. The third-order valence-corrected chi connectivity index (χ3v) is 2.68. The molecule has 0 bridgehead atoms. The molecule has 76 valence electrons. The van der Waals surface area contributed by atoms with Crippen LogP contribution in [0.3, 0.4) is 0 Å². The highest BCUT2D eigenvalue weighted by Gasteiger charge is 2.12. The van der Waals surface area contributed by atoms with E-state index in [9.17, 15) is 4.79 Å². The molecule has 1 aromatic rings. The Labute approximate surface area is 86.8 Å². The molecule has 0 spiro atoms. The fourth-order valence-corrected chi connectivity index (χ4v) is 1.72. The minimum atomic E-state index is -1.31. The first-order valence-corrected chi connectivity index (χ1v) is 5.31. The molecule has 0 aromatic heterocycles. The highest BCUT2D eigenvalue weighted by atomic mass is 32.2. The molecule has 2 N–H and O–H groups in total. The van der Waals surface area contributed by atoms with Crippen LogP contribution in [0.25, 0.3) is 0 Å². The van der Waals surface area contributed by atoms with E-state index >= 15 is 0 Å². The third kappa shape index (κ3) is 3.81. The first-order valence-electron chi connectivity index (χ1n) is 4.26. The van der Waals surface area contributed by atoms with Crippen LogP contribution in [-0.4, -0.2) is 27.4 Å². The van der Waals surface area contributed by atoms with E-state index in [0.717, 1.165) is 23.7 Å². The van der Waals surface area contributed by atoms with E-state index in [0.29, 0.717) is 5.75 Å². The number of carboxylic acid groups (broad SMARTS) is 1. The molecule has 0 amide bonds. The van der Waals surface area contributed by atoms with Crippen molar-refractivity contribution < 1.29 is 15.0 Å². The van der Waals surface area contributed by atoms with Gasteiger partial charge in [0.05, 0.1) is 0 Å². The molecule has 3 nitrogen and oxygen atoms in total. The summed E-state index contributed by atoms with van der Waals surface area (Å²) in [6.45, 7) is 0. The molecule has 14 heavy (non-hydrogen) atoms. The number of aryl methyl sites for hydroxylation is 1. The number of aliphatic carboxylic acids is 1. The Morgan fingerprint density at radius 2 is 2.00 bits per heavy atom. The number of benzene rings is 1. The zero-order valence-electron chi connectivity index (χ0n) is 7.59. The molecule has 1 rings (SSSR count). The summed E-state index contributed by atoms with van der Waals surface area (Å²) in [5.74, 6) is -0.569. The van der Waals surface area contributed by atoms with E-state index in [4.69, 9.17) is 10.2 Å². The maximum atomic E-state index is 10.3. The van der Waals surface area contributed by atoms with Crippen LogP contribution in [0, 0.1) is 0 Å². The van der Waals surface area contributed by atoms with Gasteiger partial charge in [0.1, 0.15) is 0 Å². The van der Waals surface area contributed by atoms with Gasteiger partial charge in [0, 0.05) is 5.75 Å². The minimum Gasteiger partial charge on any atom is -0.479 e. The summed E-state index contributed by atoms with van der Waals surface area (Å²) in [5, 5.41) is 17.4. The zero-order chi connectivity index (χ0) is 10.4. The summed E-state index contributed by atoms with van der Waals surface area (Å²) in [6.07, 6.45) is 0.774. The molecule has 4 heteroatoms. The fraction of sp³-hybridized carbons (Fsp3) is 0.300. The molecule has 0 heterocycles. The van der Waals surface area contributed by atoms with Gasteiger partial charge >= 0.3 is 5.97 Å². The van der Waals surface area contributed by atoms with Crippen molar-refractivity contribution in [2.24, 2.45) is 0 Å². The van der Waals surface area contributed by atoms with Gasteiger partial charge in [-0.15, -0.1) is 11.8 Å². The number of hydrogen-bond donors (Lipinski definition) is 2. The molecule has 0 saturated carbocycles. The van der Waals surface area contributed by atoms with Gasteiger partial charge in [0.15, 0.2) is 5.44 Å². The van der Waals surface area contributed by atoms with Gasteiger partial charge in [0.25, 0.3) is 0 Å². The lowest BCUT2D eigenvalue weighted by molar-refractivity contribution is -0.141. The summed E-state index contributed by atoms with van der Waals surface area (Å²) in [7, 11) is 0. The number of aliphatic hydroxyl groups excluding tert-OH is 1. The monoisotopic (exact) mass is 212 g/mol. The van der Waals surface area contributed by atoms with Crippen molar-refractivity contribution in [3.05, 3.63) is 35.9 Å². The quantitative estimate of drug-likeness (QED) is 0.724. The van der Waals surface area contributed by atoms with Crippen molar-refractivity contribution in [1.29, 1.82) is 0 Å². The highest BCUT2D eigenvalue weighted by Crippen LogP contribution is 2.11. The normalized spacial score (nSPS) is 12.4. The Morgan fingerprint density at radius 3 is 2.57 bits per heavy atom. The van der Waals surface area contributed by atoms with E-state index in [1.54, 1.807) is 0 Å². The summed E-state index contributed by atoms with van der Waals surface area (Å²) >= 11 is 1.04. The summed E-state index contributed by atoms with van der Waals surface area (Å²) in [4.78, 5) is 10.3. The Balaban J connectivity index is 2.26. The van der Waals surface area contributed by atoms with Gasteiger partial charge in [-0.2, -0.15) is 0 Å². The summed E-state index contributed by atoms with van der Waals surface area (Å²) in [6, 6.07) is 9.77. The second-order valence-corrected chi connectivity index (χ2v) is 3.99. The Kier molecular flexibility index (Phi) is 4.49. The topological polar surface area (TPSA) is 57.5 Å². The largest absolute Gasteiger partial charge is 0.479 e. The number of carbonyl (C=O) groups is 1. The highest BCUT2D eigenvalue weighted by molar-refractivity contribution is 8.00. The molecular formula is C10H12O3S. The van der Waals surface area contributed by atoms with Crippen LogP contribution in [0.5, 0.6) is 0 Å². The number of thioether (sulfide) groups is 1. The molecule has 0 radical (unpaired) electrons. The lowest BCUT2D eigenvalue weighted by Gasteiger charge is -2.04. The summed E-state index contributed by atoms with van der Waals surface area (Å²) < 4.78 is 0. The molecule has 1 atom stereocenters. The third-order valence-electron chi connectivity index (χ3n) is 1.72. The van der Waals surface area contributed by atoms with Crippen LogP contribution in [0.4, 0.5) is 0 Å². The van der Waals surface area contributed by atoms with E-state index in [2.05, 4.69) is 0 Å². The van der Waals surface area contributed by atoms with Crippen molar-refractivity contribution in [2.45, 2.75) is 11.9 Å². The van der Waals surface area contributed by atoms with Crippen molar-refractivity contribution in [3.8, 4) is 0 Å². The van der Waals surface area contributed by atoms with Crippen molar-refractivity contribution in [1.82, 2.24) is 0 Å². The smallest absolute Gasteiger partial charge is 0.343 e. The van der Waals surface area contributed by atoms with Crippen LogP contribution in [0.1, 0.15) is 5.56 Å². The fourth-order valence-electron chi connectivity index (χ4n) is 1.00. The number of hydrogen-bond acceptors (Lipinski definition) is 3. The van der Waals surface area contributed by atoms with Crippen LogP contribution in [0.2, 0.25) is 0 Å². The molecule has 0 saturated heterocycles. The average Bonchev–Trinajstić information content (AvgIpc) is 2.19. The van der Waals surface area contributed by atoms with Crippen molar-refractivity contribution >= 4 is 17.7 Å². The van der Waals surface area contributed by atoms with Crippen molar-refractivity contribution in [3.63, 3.8) is 0 Å².